The fourth-order valence-electron chi connectivity index (χ4n) is 6.28. The van der Waals surface area contributed by atoms with Gasteiger partial charge in [-0.15, -0.1) is 0 Å². The van der Waals surface area contributed by atoms with Crippen LogP contribution in [0, 0.1) is 17.5 Å². The number of amides is 4. The molecule has 0 aromatic heterocycles. The maximum Gasteiger partial charge on any atom is 0.269 e. The van der Waals surface area contributed by atoms with E-state index in [2.05, 4.69) is 20.0 Å². The van der Waals surface area contributed by atoms with Crippen molar-refractivity contribution in [1.82, 2.24) is 15.1 Å². The zero-order valence-electron chi connectivity index (χ0n) is 25.3. The predicted molar refractivity (Wildman–Crippen MR) is 163 cm³/mol. The van der Waals surface area contributed by atoms with Crippen LogP contribution in [0.25, 0.3) is 0 Å². The van der Waals surface area contributed by atoms with Gasteiger partial charge in [0.25, 0.3) is 17.5 Å². The number of anilines is 2. The van der Waals surface area contributed by atoms with Crippen LogP contribution in [0.3, 0.4) is 0 Å². The van der Waals surface area contributed by atoms with Crippen LogP contribution in [0.2, 0.25) is 0 Å². The molecular weight excluding hydrogens is 659 g/mol. The van der Waals surface area contributed by atoms with Gasteiger partial charge in [-0.3, -0.25) is 44.4 Å². The number of carbonyl (C=O) groups excluding carboxylic acids is 4. The topological polar surface area (TPSA) is 136 Å². The first-order valence-corrected chi connectivity index (χ1v) is 14.6. The number of piperazine rings is 1. The summed E-state index contributed by atoms with van der Waals surface area (Å²) in [6.07, 6.45) is 2.18. The van der Waals surface area contributed by atoms with Crippen LogP contribution >= 0.6 is 0 Å². The number of nitro benzene ring substituents is 1. The van der Waals surface area contributed by atoms with E-state index < -0.39 is 29.7 Å². The Balaban J connectivity index is 0.00000130. The van der Waals surface area contributed by atoms with E-state index in [0.717, 1.165) is 68.4 Å². The number of imide groups is 2. The van der Waals surface area contributed by atoms with Crippen LogP contribution in [0.4, 0.5) is 17.1 Å². The molecule has 3 saturated heterocycles. The third-order valence-electron chi connectivity index (χ3n) is 8.51. The number of fused-ring (bicyclic) bond motifs is 1. The average Bonchev–Trinajstić information content (AvgIpc) is 3.27. The Hall–Kier alpha value is -3.66. The molecule has 240 valence electrons. The van der Waals surface area contributed by atoms with Gasteiger partial charge in [0, 0.05) is 95.7 Å². The van der Waals surface area contributed by atoms with Gasteiger partial charge in [0.15, 0.2) is 0 Å². The van der Waals surface area contributed by atoms with Crippen molar-refractivity contribution < 1.29 is 44.5 Å². The number of rotatable bonds is 5. The Labute approximate surface area is 271 Å². The third-order valence-corrected chi connectivity index (χ3v) is 8.51. The number of nitro groups is 1. The Morgan fingerprint density at radius 2 is 1.34 bits per heavy atom. The second-order valence-electron chi connectivity index (χ2n) is 10.7. The number of nitrogens with one attached hydrogen (secondary N) is 1. The molecule has 44 heavy (non-hydrogen) atoms. The molecular formula is C31H39N6O6Pd-. The van der Waals surface area contributed by atoms with Gasteiger partial charge in [-0.2, -0.15) is 0 Å². The van der Waals surface area contributed by atoms with E-state index in [1.54, 1.807) is 24.3 Å². The fourth-order valence-corrected chi connectivity index (χ4v) is 6.28. The second kappa shape index (κ2) is 14.9. The van der Waals surface area contributed by atoms with E-state index in [4.69, 9.17) is 0 Å². The molecule has 1 N–H and O–H groups in total. The van der Waals surface area contributed by atoms with E-state index >= 15 is 0 Å². The molecule has 1 unspecified atom stereocenters. The van der Waals surface area contributed by atoms with Gasteiger partial charge in [-0.05, 0) is 49.6 Å². The smallest absolute Gasteiger partial charge is 0.269 e. The van der Waals surface area contributed by atoms with Crippen LogP contribution < -0.4 is 15.1 Å². The maximum atomic E-state index is 13.2. The first kappa shape index (κ1) is 34.8. The summed E-state index contributed by atoms with van der Waals surface area (Å²) < 4.78 is 0. The van der Waals surface area contributed by atoms with Gasteiger partial charge in [0.1, 0.15) is 6.04 Å². The van der Waals surface area contributed by atoms with Crippen molar-refractivity contribution in [1.29, 1.82) is 0 Å². The van der Waals surface area contributed by atoms with Gasteiger partial charge in [0.2, 0.25) is 11.8 Å². The van der Waals surface area contributed by atoms with Crippen LogP contribution in [0.5, 0.6) is 0 Å². The standard InChI is InChI=1S/C28H30N6O6.C2H6.CH3.Pd/c35-25-8-7-24(26(36)29-25)33-27(37)22-6-5-21(17-23(22)28(33)38)30-11-9-19(10-12-30)32-15-13-31(14-16-32)18-1-3-20(4-2-18)34(39)40;1-2;;/h1-6,17,19,24H,7-16H2,(H,29,35,36);1-2H3;1H3;/q;;-1;. The monoisotopic (exact) mass is 697 g/mol. The molecule has 0 spiro atoms. The summed E-state index contributed by atoms with van der Waals surface area (Å²) in [6, 6.07) is 11.5. The van der Waals surface area contributed by atoms with E-state index in [1.165, 1.54) is 0 Å². The molecule has 4 amide bonds. The van der Waals surface area contributed by atoms with E-state index in [1.807, 2.05) is 32.0 Å². The first-order chi connectivity index (χ1) is 20.3. The number of nitrogens with zero attached hydrogens (tertiary/aromatic N) is 5. The van der Waals surface area contributed by atoms with Crippen LogP contribution in [0.1, 0.15) is 60.2 Å². The quantitative estimate of drug-likeness (QED) is 0.164. The number of hydrogen-bond acceptors (Lipinski definition) is 9. The molecule has 13 heteroatoms. The summed E-state index contributed by atoms with van der Waals surface area (Å²) in [7, 11) is 0. The Morgan fingerprint density at radius 1 is 0.773 bits per heavy atom. The van der Waals surface area contributed by atoms with Crippen molar-refractivity contribution in [3.05, 3.63) is 71.1 Å². The van der Waals surface area contributed by atoms with Crippen molar-refractivity contribution in [3.8, 4) is 0 Å². The van der Waals surface area contributed by atoms with Gasteiger partial charge in [0.05, 0.1) is 16.1 Å². The molecule has 2 aromatic rings. The van der Waals surface area contributed by atoms with Crippen LogP contribution in [0.15, 0.2) is 42.5 Å². The summed E-state index contributed by atoms with van der Waals surface area (Å²) >= 11 is 0. The molecule has 6 rings (SSSR count). The molecule has 0 radical (unpaired) electrons. The number of carbonyl (C=O) groups is 4. The summed E-state index contributed by atoms with van der Waals surface area (Å²) in [4.78, 5) is 68.5. The second-order valence-corrected chi connectivity index (χ2v) is 10.7. The van der Waals surface area contributed by atoms with Gasteiger partial charge >= 0.3 is 0 Å². The number of non-ortho nitro benzene ring substituents is 1. The largest absolute Gasteiger partial charge is 0.371 e. The molecule has 2 aromatic carbocycles. The zero-order valence-corrected chi connectivity index (χ0v) is 26.8. The Kier molecular flexibility index (Phi) is 11.8. The number of benzene rings is 2. The molecule has 1 atom stereocenters. The number of piperidine rings is 2. The average molecular weight is 698 g/mol. The van der Waals surface area contributed by atoms with Crippen molar-refractivity contribution >= 4 is 40.7 Å². The first-order valence-electron chi connectivity index (χ1n) is 14.6. The summed E-state index contributed by atoms with van der Waals surface area (Å²) in [5.41, 5.74) is 2.57. The molecule has 4 aliphatic rings. The molecule has 12 nitrogen and oxygen atoms in total. The van der Waals surface area contributed by atoms with Crippen molar-refractivity contribution in [2.45, 2.75) is 51.6 Å². The summed E-state index contributed by atoms with van der Waals surface area (Å²) in [5.74, 6) is -1.98. The predicted octanol–water partition coefficient (Wildman–Crippen LogP) is 3.26. The fraction of sp³-hybridized carbons (Fsp3) is 0.452. The summed E-state index contributed by atoms with van der Waals surface area (Å²) in [5, 5.41) is 13.1. The summed E-state index contributed by atoms with van der Waals surface area (Å²) in [6.45, 7) is 9.22. The molecule has 0 aliphatic carbocycles. The number of hydrogen-bond donors (Lipinski definition) is 1. The van der Waals surface area contributed by atoms with E-state index in [9.17, 15) is 29.3 Å². The molecule has 3 fully saturated rings. The molecule has 4 aliphatic heterocycles. The minimum Gasteiger partial charge on any atom is -0.371 e. The molecule has 0 saturated carbocycles. The van der Waals surface area contributed by atoms with Gasteiger partial charge in [-0.25, -0.2) is 0 Å². The normalized spacial score (nSPS) is 20.6. The van der Waals surface area contributed by atoms with Gasteiger partial charge < -0.3 is 17.2 Å². The maximum absolute atomic E-state index is 13.2. The molecule has 4 heterocycles. The van der Waals surface area contributed by atoms with Crippen molar-refractivity contribution in [2.75, 3.05) is 49.1 Å². The SMILES string of the molecule is CC.O=C1CCC(N2C(=O)c3ccc(N4CCC(N5CCN(c6ccc([N+](=O)[O-])cc6)CC5)CC4)cc3C2=O)C(=O)N1.[CH3-].[Pd]. The van der Waals surface area contributed by atoms with Crippen molar-refractivity contribution in [2.24, 2.45) is 0 Å². The van der Waals surface area contributed by atoms with Crippen LogP contribution in [-0.2, 0) is 30.0 Å². The minimum atomic E-state index is -0.967. The third kappa shape index (κ3) is 6.85. The minimum absolute atomic E-state index is 0. The van der Waals surface area contributed by atoms with E-state index in [-0.39, 0.29) is 51.3 Å². The Bertz CT molecular complexity index is 1390. The van der Waals surface area contributed by atoms with Crippen molar-refractivity contribution in [3.63, 3.8) is 0 Å². The zero-order chi connectivity index (χ0) is 30.0. The van der Waals surface area contributed by atoms with E-state index in [0.29, 0.717) is 17.2 Å². The molecule has 0 bridgehead atoms. The Morgan fingerprint density at radius 3 is 1.93 bits per heavy atom. The van der Waals surface area contributed by atoms with Crippen LogP contribution in [-0.4, -0.2) is 89.7 Å². The van der Waals surface area contributed by atoms with Gasteiger partial charge in [-0.1, -0.05) is 13.8 Å².